The molecule has 4 nitrogen and oxygen atoms in total. The Kier molecular flexibility index (Phi) is 4.76. The van der Waals surface area contributed by atoms with Crippen molar-refractivity contribution in [3.8, 4) is 5.75 Å². The summed E-state index contributed by atoms with van der Waals surface area (Å²) in [6.45, 7) is 2.64. The Morgan fingerprint density at radius 2 is 2.22 bits per heavy atom. The maximum Gasteiger partial charge on any atom is 0.305 e. The molecule has 0 amide bonds. The van der Waals surface area contributed by atoms with Crippen molar-refractivity contribution in [3.63, 3.8) is 0 Å². The van der Waals surface area contributed by atoms with E-state index >= 15 is 0 Å². The predicted octanol–water partition coefficient (Wildman–Crippen LogP) is 3.76. The maximum atomic E-state index is 12.7. The first-order valence-corrected chi connectivity index (χ1v) is 8.59. The number of ether oxygens (including phenoxy) is 2. The van der Waals surface area contributed by atoms with E-state index in [0.29, 0.717) is 37.4 Å². The van der Waals surface area contributed by atoms with Crippen molar-refractivity contribution in [1.82, 2.24) is 0 Å². The van der Waals surface area contributed by atoms with Gasteiger partial charge >= 0.3 is 5.97 Å². The number of carbonyl (C=O) groups excluding carboxylic acids is 2. The van der Waals surface area contributed by atoms with Crippen LogP contribution in [0.4, 0.5) is 0 Å². The number of aryl methyl sites for hydroxylation is 1. The molecule has 1 aliphatic rings. The third kappa shape index (κ3) is 3.45. The molecule has 2 heterocycles. The molecule has 3 rings (SSSR count). The minimum atomic E-state index is -0.176. The number of hydrogen-bond donors (Lipinski definition) is 0. The van der Waals surface area contributed by atoms with Gasteiger partial charge < -0.3 is 9.47 Å². The number of benzene rings is 1. The highest BCUT2D eigenvalue weighted by molar-refractivity contribution is 7.12. The number of carbonyl (C=O) groups is 2. The topological polar surface area (TPSA) is 52.6 Å². The van der Waals surface area contributed by atoms with Crippen LogP contribution in [0.5, 0.6) is 5.75 Å². The van der Waals surface area contributed by atoms with Gasteiger partial charge in [0.25, 0.3) is 0 Å². The van der Waals surface area contributed by atoms with Crippen LogP contribution >= 0.6 is 11.3 Å². The fourth-order valence-corrected chi connectivity index (χ4v) is 3.50. The van der Waals surface area contributed by atoms with Crippen LogP contribution in [0.25, 0.3) is 0 Å². The quantitative estimate of drug-likeness (QED) is 0.783. The normalized spacial score (nSPS) is 12.8. The molecule has 0 fully saturated rings. The van der Waals surface area contributed by atoms with Crippen molar-refractivity contribution in [2.75, 3.05) is 6.61 Å². The van der Waals surface area contributed by atoms with Gasteiger partial charge in [0.05, 0.1) is 17.0 Å². The van der Waals surface area contributed by atoms with Crippen molar-refractivity contribution in [2.24, 2.45) is 0 Å². The average Bonchev–Trinajstić information content (AvgIpc) is 2.97. The van der Waals surface area contributed by atoms with E-state index in [1.807, 2.05) is 29.6 Å². The van der Waals surface area contributed by atoms with Crippen LogP contribution in [0, 0.1) is 0 Å². The third-order valence-corrected chi connectivity index (χ3v) is 4.73. The SMILES string of the molecule is CCOC(=O)CCCc1ccc2c(c1)C(=O)c1sccc1CO2. The molecular formula is C18H18O4S. The zero-order chi connectivity index (χ0) is 16.2. The van der Waals surface area contributed by atoms with Gasteiger partial charge in [-0.3, -0.25) is 9.59 Å². The molecule has 0 saturated heterocycles. The molecule has 0 atom stereocenters. The Labute approximate surface area is 139 Å². The summed E-state index contributed by atoms with van der Waals surface area (Å²) in [6, 6.07) is 7.63. The zero-order valence-electron chi connectivity index (χ0n) is 13.0. The van der Waals surface area contributed by atoms with Crippen molar-refractivity contribution >= 4 is 23.1 Å². The number of thiophene rings is 1. The molecule has 1 aromatic carbocycles. The minimum absolute atomic E-state index is 0.0229. The van der Waals surface area contributed by atoms with Gasteiger partial charge in [-0.1, -0.05) is 6.07 Å². The van der Waals surface area contributed by atoms with Crippen molar-refractivity contribution in [1.29, 1.82) is 0 Å². The lowest BCUT2D eigenvalue weighted by Gasteiger charge is -2.09. The molecule has 120 valence electrons. The molecule has 0 unspecified atom stereocenters. The van der Waals surface area contributed by atoms with Gasteiger partial charge in [0.2, 0.25) is 5.78 Å². The molecule has 0 radical (unpaired) electrons. The first kappa shape index (κ1) is 15.7. The van der Waals surface area contributed by atoms with E-state index in [0.717, 1.165) is 22.4 Å². The fourth-order valence-electron chi connectivity index (χ4n) is 2.63. The van der Waals surface area contributed by atoms with E-state index in [2.05, 4.69) is 0 Å². The van der Waals surface area contributed by atoms with E-state index in [1.165, 1.54) is 11.3 Å². The van der Waals surface area contributed by atoms with E-state index in [-0.39, 0.29) is 11.8 Å². The van der Waals surface area contributed by atoms with E-state index in [1.54, 1.807) is 6.92 Å². The molecule has 0 aliphatic carbocycles. The molecule has 1 aromatic heterocycles. The van der Waals surface area contributed by atoms with Gasteiger partial charge in [0.1, 0.15) is 12.4 Å². The molecule has 0 spiro atoms. The van der Waals surface area contributed by atoms with Gasteiger partial charge in [-0.15, -0.1) is 11.3 Å². The molecule has 23 heavy (non-hydrogen) atoms. The fraction of sp³-hybridized carbons (Fsp3) is 0.333. The average molecular weight is 330 g/mol. The summed E-state index contributed by atoms with van der Waals surface area (Å²) in [5.74, 6) is 0.479. The number of hydrogen-bond acceptors (Lipinski definition) is 5. The largest absolute Gasteiger partial charge is 0.488 e. The monoisotopic (exact) mass is 330 g/mol. The second-order valence-corrected chi connectivity index (χ2v) is 6.30. The van der Waals surface area contributed by atoms with Crippen molar-refractivity contribution < 1.29 is 19.1 Å². The lowest BCUT2D eigenvalue weighted by molar-refractivity contribution is -0.143. The first-order chi connectivity index (χ1) is 11.2. The van der Waals surface area contributed by atoms with E-state index < -0.39 is 0 Å². The second kappa shape index (κ2) is 6.96. The Morgan fingerprint density at radius 1 is 1.35 bits per heavy atom. The van der Waals surface area contributed by atoms with Gasteiger partial charge in [-0.05, 0) is 48.9 Å². The van der Waals surface area contributed by atoms with Crippen LogP contribution in [0.3, 0.4) is 0 Å². The van der Waals surface area contributed by atoms with Crippen LogP contribution in [0.2, 0.25) is 0 Å². The zero-order valence-corrected chi connectivity index (χ0v) is 13.8. The summed E-state index contributed by atoms with van der Waals surface area (Å²) in [4.78, 5) is 24.8. The molecule has 1 aliphatic heterocycles. The highest BCUT2D eigenvalue weighted by atomic mass is 32.1. The summed E-state index contributed by atoms with van der Waals surface area (Å²) in [5.41, 5.74) is 2.59. The lowest BCUT2D eigenvalue weighted by Crippen LogP contribution is -2.04. The molecule has 0 bridgehead atoms. The summed E-state index contributed by atoms with van der Waals surface area (Å²) in [6.07, 6.45) is 1.83. The van der Waals surface area contributed by atoms with Gasteiger partial charge in [0, 0.05) is 12.0 Å². The highest BCUT2D eigenvalue weighted by Crippen LogP contribution is 2.32. The lowest BCUT2D eigenvalue weighted by atomic mass is 10.0. The second-order valence-electron chi connectivity index (χ2n) is 5.38. The molecule has 0 saturated carbocycles. The summed E-state index contributed by atoms with van der Waals surface area (Å²) in [7, 11) is 0. The number of rotatable bonds is 5. The smallest absolute Gasteiger partial charge is 0.305 e. The number of esters is 1. The van der Waals surface area contributed by atoms with Crippen LogP contribution in [-0.4, -0.2) is 18.4 Å². The van der Waals surface area contributed by atoms with Crippen molar-refractivity contribution in [3.05, 3.63) is 51.2 Å². The van der Waals surface area contributed by atoms with Gasteiger partial charge in [-0.2, -0.15) is 0 Å². The van der Waals surface area contributed by atoms with Crippen LogP contribution in [0.1, 0.15) is 46.1 Å². The Morgan fingerprint density at radius 3 is 3.04 bits per heavy atom. The van der Waals surface area contributed by atoms with Gasteiger partial charge in [0.15, 0.2) is 0 Å². The Bertz CT molecular complexity index is 732. The molecular weight excluding hydrogens is 312 g/mol. The standard InChI is InChI=1S/C18H18O4S/c1-2-21-16(19)5-3-4-12-6-7-15-14(10-12)17(20)18-13(11-22-15)8-9-23-18/h6-10H,2-5,11H2,1H3. The first-order valence-electron chi connectivity index (χ1n) is 7.71. The molecule has 0 N–H and O–H groups in total. The predicted molar refractivity (Wildman–Crippen MR) is 88.1 cm³/mol. The Balaban J connectivity index is 1.73. The molecule has 5 heteroatoms. The Hall–Kier alpha value is -2.14. The van der Waals surface area contributed by atoms with Gasteiger partial charge in [-0.25, -0.2) is 0 Å². The van der Waals surface area contributed by atoms with E-state index in [9.17, 15) is 9.59 Å². The third-order valence-electron chi connectivity index (χ3n) is 3.78. The summed E-state index contributed by atoms with van der Waals surface area (Å²) in [5, 5.41) is 1.92. The number of fused-ring (bicyclic) bond motifs is 2. The summed E-state index contributed by atoms with van der Waals surface area (Å²) < 4.78 is 10.7. The van der Waals surface area contributed by atoms with Crippen LogP contribution in [-0.2, 0) is 22.6 Å². The molecule has 2 aromatic rings. The number of ketones is 1. The minimum Gasteiger partial charge on any atom is -0.488 e. The van der Waals surface area contributed by atoms with E-state index in [4.69, 9.17) is 9.47 Å². The van der Waals surface area contributed by atoms with Crippen molar-refractivity contribution in [2.45, 2.75) is 32.8 Å². The highest BCUT2D eigenvalue weighted by Gasteiger charge is 2.23. The van der Waals surface area contributed by atoms with Crippen LogP contribution in [0.15, 0.2) is 29.6 Å². The van der Waals surface area contributed by atoms with Crippen LogP contribution < -0.4 is 4.74 Å². The maximum absolute atomic E-state index is 12.7. The summed E-state index contributed by atoms with van der Waals surface area (Å²) >= 11 is 1.45.